The Balaban J connectivity index is 2.15. The number of allylic oxidation sites excluding steroid dienone is 3. The van der Waals surface area contributed by atoms with Crippen LogP contribution in [0, 0.1) is 18.3 Å². The first-order valence-corrected chi connectivity index (χ1v) is 7.55. The molecule has 0 aromatic heterocycles. The van der Waals surface area contributed by atoms with Crippen LogP contribution in [-0.2, 0) is 11.2 Å². The molecule has 0 saturated heterocycles. The van der Waals surface area contributed by atoms with Crippen molar-refractivity contribution in [3.8, 4) is 5.75 Å². The molecule has 1 atom stereocenters. The third kappa shape index (κ3) is 2.33. The fourth-order valence-electron chi connectivity index (χ4n) is 3.58. The summed E-state index contributed by atoms with van der Waals surface area (Å²) >= 11 is 0. The molecule has 3 rings (SSSR count). The highest BCUT2D eigenvalue weighted by Gasteiger charge is 2.37. The molecule has 1 unspecified atom stereocenters. The van der Waals surface area contributed by atoms with Gasteiger partial charge in [0.15, 0.2) is 5.78 Å². The van der Waals surface area contributed by atoms with Crippen molar-refractivity contribution >= 4 is 11.9 Å². The van der Waals surface area contributed by atoms with Crippen molar-refractivity contribution in [2.75, 3.05) is 7.11 Å². The third-order valence-electron chi connectivity index (χ3n) is 4.89. The second-order valence-electron chi connectivity index (χ2n) is 6.73. The Morgan fingerprint density at radius 2 is 2.05 bits per heavy atom. The van der Waals surface area contributed by atoms with Crippen molar-refractivity contribution < 1.29 is 9.53 Å². The van der Waals surface area contributed by atoms with E-state index in [1.165, 1.54) is 5.56 Å². The minimum absolute atomic E-state index is 0.0426. The summed E-state index contributed by atoms with van der Waals surface area (Å²) in [5, 5.41) is 0. The number of rotatable bonds is 1. The van der Waals surface area contributed by atoms with Crippen LogP contribution in [0.3, 0.4) is 0 Å². The third-order valence-corrected chi connectivity index (χ3v) is 4.89. The van der Waals surface area contributed by atoms with E-state index in [1.54, 1.807) is 13.2 Å². The normalized spacial score (nSPS) is 23.0. The van der Waals surface area contributed by atoms with E-state index < -0.39 is 0 Å². The molecular weight excluding hydrogens is 260 g/mol. The topological polar surface area (TPSA) is 26.3 Å². The van der Waals surface area contributed by atoms with Gasteiger partial charge in [-0.15, -0.1) is 0 Å². The van der Waals surface area contributed by atoms with Crippen molar-refractivity contribution in [1.29, 1.82) is 0 Å². The van der Waals surface area contributed by atoms with Gasteiger partial charge < -0.3 is 4.74 Å². The number of fused-ring (bicyclic) bond motifs is 2. The lowest BCUT2D eigenvalue weighted by Gasteiger charge is -2.35. The fourth-order valence-corrected chi connectivity index (χ4v) is 3.58. The van der Waals surface area contributed by atoms with Crippen LogP contribution in [0.15, 0.2) is 29.9 Å². The molecular formula is C19H22O2. The average molecular weight is 282 g/mol. The number of hydrogen-bond donors (Lipinski definition) is 0. The number of aryl methyl sites for hydroxylation is 2. The Morgan fingerprint density at radius 1 is 1.29 bits per heavy atom. The van der Waals surface area contributed by atoms with Crippen molar-refractivity contribution in [3.63, 3.8) is 0 Å². The lowest BCUT2D eigenvalue weighted by molar-refractivity contribution is -0.112. The number of carbonyl (C=O) groups is 1. The van der Waals surface area contributed by atoms with E-state index in [2.05, 4.69) is 45.1 Å². The van der Waals surface area contributed by atoms with Gasteiger partial charge in [-0.3, -0.25) is 4.79 Å². The molecule has 0 radical (unpaired) electrons. The Kier molecular flexibility index (Phi) is 3.27. The minimum atomic E-state index is 0.0426. The highest BCUT2D eigenvalue weighted by Crippen LogP contribution is 2.44. The summed E-state index contributed by atoms with van der Waals surface area (Å²) in [5.41, 5.74) is 4.60. The highest BCUT2D eigenvalue weighted by molar-refractivity contribution is 6.08. The fraction of sp³-hybridized carbons (Fsp3) is 0.421. The number of methoxy groups -OCH3 is 1. The van der Waals surface area contributed by atoms with Gasteiger partial charge in [-0.05, 0) is 66.0 Å². The molecule has 2 aliphatic carbocycles. The monoisotopic (exact) mass is 282 g/mol. The standard InChI is InChI=1S/C19H22O2/c1-12-9-13-5-6-16-15(10-14(13)11-18(12)21-4)17(20)7-8-19(16,2)3/h7-11,16H,5-6H2,1-4H3. The molecule has 0 heterocycles. The molecule has 2 heteroatoms. The maximum absolute atomic E-state index is 12.3. The first kappa shape index (κ1) is 14.1. The largest absolute Gasteiger partial charge is 0.496 e. The summed E-state index contributed by atoms with van der Waals surface area (Å²) in [4.78, 5) is 12.3. The zero-order valence-corrected chi connectivity index (χ0v) is 13.2. The van der Waals surface area contributed by atoms with E-state index in [0.29, 0.717) is 5.92 Å². The zero-order chi connectivity index (χ0) is 15.2. The SMILES string of the molecule is COc1cc2c(cc1C)CCC1C(=C2)C(=O)C=CC1(C)C. The molecule has 0 spiro atoms. The predicted molar refractivity (Wildman–Crippen MR) is 85.4 cm³/mol. The van der Waals surface area contributed by atoms with Crippen molar-refractivity contribution in [2.45, 2.75) is 33.6 Å². The summed E-state index contributed by atoms with van der Waals surface area (Å²) < 4.78 is 5.43. The summed E-state index contributed by atoms with van der Waals surface area (Å²) in [6, 6.07) is 4.27. The second kappa shape index (κ2) is 4.87. The Hall–Kier alpha value is -1.83. The molecule has 0 amide bonds. The highest BCUT2D eigenvalue weighted by atomic mass is 16.5. The van der Waals surface area contributed by atoms with Gasteiger partial charge >= 0.3 is 0 Å². The minimum Gasteiger partial charge on any atom is -0.496 e. The number of ketones is 1. The molecule has 110 valence electrons. The molecule has 0 bridgehead atoms. The molecule has 0 saturated carbocycles. The summed E-state index contributed by atoms with van der Waals surface area (Å²) in [6.07, 6.45) is 7.92. The quantitative estimate of drug-likeness (QED) is 0.774. The van der Waals surface area contributed by atoms with Crippen molar-refractivity contribution in [3.05, 3.63) is 46.5 Å². The molecule has 1 aromatic rings. The molecule has 2 aliphatic rings. The molecule has 21 heavy (non-hydrogen) atoms. The smallest absolute Gasteiger partial charge is 0.181 e. The van der Waals surface area contributed by atoms with Gasteiger partial charge in [-0.1, -0.05) is 26.0 Å². The van der Waals surface area contributed by atoms with Crippen LogP contribution >= 0.6 is 0 Å². The van der Waals surface area contributed by atoms with Crippen LogP contribution in [0.1, 0.15) is 37.0 Å². The zero-order valence-electron chi connectivity index (χ0n) is 13.2. The van der Waals surface area contributed by atoms with Gasteiger partial charge in [0.05, 0.1) is 7.11 Å². The molecule has 0 fully saturated rings. The Bertz CT molecular complexity index is 662. The average Bonchev–Trinajstić information content (AvgIpc) is 2.62. The Labute approximate surface area is 126 Å². The summed E-state index contributed by atoms with van der Waals surface area (Å²) in [6.45, 7) is 6.51. The van der Waals surface area contributed by atoms with Gasteiger partial charge in [0.25, 0.3) is 0 Å². The van der Waals surface area contributed by atoms with Crippen LogP contribution in [0.4, 0.5) is 0 Å². The van der Waals surface area contributed by atoms with Crippen molar-refractivity contribution in [1.82, 2.24) is 0 Å². The maximum atomic E-state index is 12.3. The summed E-state index contributed by atoms with van der Waals surface area (Å²) in [7, 11) is 1.69. The summed E-state index contributed by atoms with van der Waals surface area (Å²) in [5.74, 6) is 1.35. The van der Waals surface area contributed by atoms with Crippen LogP contribution in [-0.4, -0.2) is 12.9 Å². The van der Waals surface area contributed by atoms with E-state index in [4.69, 9.17) is 4.74 Å². The number of benzene rings is 1. The lowest BCUT2D eigenvalue weighted by Crippen LogP contribution is -2.30. The van der Waals surface area contributed by atoms with E-state index in [1.807, 2.05) is 0 Å². The molecule has 2 nitrogen and oxygen atoms in total. The van der Waals surface area contributed by atoms with Crippen LogP contribution in [0.25, 0.3) is 6.08 Å². The van der Waals surface area contributed by atoms with Crippen molar-refractivity contribution in [2.24, 2.45) is 11.3 Å². The number of hydrogen-bond acceptors (Lipinski definition) is 2. The Morgan fingerprint density at radius 3 is 2.76 bits per heavy atom. The number of ether oxygens (including phenoxy) is 1. The maximum Gasteiger partial charge on any atom is 0.181 e. The van der Waals surface area contributed by atoms with Gasteiger partial charge in [-0.25, -0.2) is 0 Å². The second-order valence-corrected chi connectivity index (χ2v) is 6.73. The van der Waals surface area contributed by atoms with E-state index in [-0.39, 0.29) is 11.2 Å². The van der Waals surface area contributed by atoms with E-state index in [0.717, 1.165) is 35.3 Å². The first-order chi connectivity index (χ1) is 9.92. The van der Waals surface area contributed by atoms with Crippen LogP contribution in [0.2, 0.25) is 0 Å². The number of carbonyl (C=O) groups excluding carboxylic acids is 1. The van der Waals surface area contributed by atoms with Crippen LogP contribution < -0.4 is 4.74 Å². The van der Waals surface area contributed by atoms with Gasteiger partial charge in [0.1, 0.15) is 5.75 Å². The van der Waals surface area contributed by atoms with Crippen LogP contribution in [0.5, 0.6) is 5.75 Å². The van der Waals surface area contributed by atoms with Gasteiger partial charge in [0.2, 0.25) is 0 Å². The molecule has 1 aromatic carbocycles. The van der Waals surface area contributed by atoms with Gasteiger partial charge in [0, 0.05) is 5.57 Å². The van der Waals surface area contributed by atoms with Gasteiger partial charge in [-0.2, -0.15) is 0 Å². The van der Waals surface area contributed by atoms with E-state index >= 15 is 0 Å². The predicted octanol–water partition coefficient (Wildman–Crippen LogP) is 4.11. The van der Waals surface area contributed by atoms with E-state index in [9.17, 15) is 4.79 Å². The lowest BCUT2D eigenvalue weighted by atomic mass is 9.68. The molecule has 0 N–H and O–H groups in total. The first-order valence-electron chi connectivity index (χ1n) is 7.55. The molecule has 0 aliphatic heterocycles.